The minimum absolute atomic E-state index is 0.586. The van der Waals surface area contributed by atoms with Crippen LogP contribution in [0.4, 0.5) is 0 Å². The molecule has 0 bridgehead atoms. The largest absolute Gasteiger partial charge is 0.380 e. The van der Waals surface area contributed by atoms with Gasteiger partial charge in [0.2, 0.25) is 0 Å². The average molecular weight is 355 g/mol. The van der Waals surface area contributed by atoms with E-state index in [9.17, 15) is 0 Å². The second-order valence-corrected chi connectivity index (χ2v) is 5.80. The maximum absolute atomic E-state index is 5.88. The Morgan fingerprint density at radius 3 is 2.35 bits per heavy atom. The standard InChI is InChI=1S/C21H29N3O2/c1-3-25-14-13-23-21(22-2)24-15-19-11-7-8-12-20(19)17-26-16-18-9-5-4-6-10-18/h4-12H,3,13-17H2,1-2H3,(H2,22,23,24). The van der Waals surface area contributed by atoms with Gasteiger partial charge in [-0.05, 0) is 23.6 Å². The third-order valence-corrected chi connectivity index (χ3v) is 3.90. The van der Waals surface area contributed by atoms with Crippen LogP contribution in [-0.4, -0.2) is 32.8 Å². The van der Waals surface area contributed by atoms with Crippen molar-refractivity contribution < 1.29 is 9.47 Å². The van der Waals surface area contributed by atoms with E-state index < -0.39 is 0 Å². The van der Waals surface area contributed by atoms with Crippen molar-refractivity contribution in [3.05, 3.63) is 71.3 Å². The van der Waals surface area contributed by atoms with Crippen molar-refractivity contribution in [2.24, 2.45) is 4.99 Å². The van der Waals surface area contributed by atoms with Gasteiger partial charge in [-0.25, -0.2) is 0 Å². The number of nitrogens with zero attached hydrogens (tertiary/aromatic N) is 1. The lowest BCUT2D eigenvalue weighted by atomic mass is 10.1. The molecule has 0 aliphatic carbocycles. The summed E-state index contributed by atoms with van der Waals surface area (Å²) < 4.78 is 11.2. The molecular weight excluding hydrogens is 326 g/mol. The molecule has 5 nitrogen and oxygen atoms in total. The van der Waals surface area contributed by atoms with Gasteiger partial charge in [-0.3, -0.25) is 4.99 Å². The summed E-state index contributed by atoms with van der Waals surface area (Å²) in [5.41, 5.74) is 3.57. The van der Waals surface area contributed by atoms with Gasteiger partial charge in [0.15, 0.2) is 5.96 Å². The predicted molar refractivity (Wildman–Crippen MR) is 106 cm³/mol. The predicted octanol–water partition coefficient (Wildman–Crippen LogP) is 3.10. The van der Waals surface area contributed by atoms with E-state index in [0.717, 1.165) is 19.1 Å². The second-order valence-electron chi connectivity index (χ2n) is 5.80. The highest BCUT2D eigenvalue weighted by atomic mass is 16.5. The molecule has 0 aliphatic heterocycles. The fraction of sp³-hybridized carbons (Fsp3) is 0.381. The van der Waals surface area contributed by atoms with Gasteiger partial charge in [0.05, 0.1) is 19.8 Å². The van der Waals surface area contributed by atoms with E-state index >= 15 is 0 Å². The highest BCUT2D eigenvalue weighted by molar-refractivity contribution is 5.79. The van der Waals surface area contributed by atoms with Crippen LogP contribution in [0.2, 0.25) is 0 Å². The zero-order valence-electron chi connectivity index (χ0n) is 15.7. The van der Waals surface area contributed by atoms with Gasteiger partial charge in [-0.15, -0.1) is 0 Å². The minimum Gasteiger partial charge on any atom is -0.380 e. The molecule has 2 rings (SSSR count). The van der Waals surface area contributed by atoms with Gasteiger partial charge in [0.25, 0.3) is 0 Å². The van der Waals surface area contributed by atoms with Crippen molar-refractivity contribution in [1.29, 1.82) is 0 Å². The topological polar surface area (TPSA) is 54.9 Å². The van der Waals surface area contributed by atoms with Crippen molar-refractivity contribution in [3.8, 4) is 0 Å². The summed E-state index contributed by atoms with van der Waals surface area (Å²) in [6, 6.07) is 18.5. The first kappa shape index (κ1) is 19.9. The van der Waals surface area contributed by atoms with Crippen LogP contribution >= 0.6 is 0 Å². The third-order valence-electron chi connectivity index (χ3n) is 3.90. The number of rotatable bonds is 10. The Bertz CT molecular complexity index is 659. The van der Waals surface area contributed by atoms with Crippen molar-refractivity contribution in [2.45, 2.75) is 26.7 Å². The first-order valence-electron chi connectivity index (χ1n) is 9.04. The molecule has 2 aromatic carbocycles. The Balaban J connectivity index is 1.81. The molecule has 0 saturated carbocycles. The van der Waals surface area contributed by atoms with E-state index in [1.165, 1.54) is 16.7 Å². The molecular formula is C21H29N3O2. The van der Waals surface area contributed by atoms with Crippen molar-refractivity contribution >= 4 is 5.96 Å². The van der Waals surface area contributed by atoms with Gasteiger partial charge >= 0.3 is 0 Å². The molecule has 2 N–H and O–H groups in total. The Kier molecular flexibility index (Phi) is 9.25. The monoisotopic (exact) mass is 355 g/mol. The van der Waals surface area contributed by atoms with E-state index in [4.69, 9.17) is 9.47 Å². The van der Waals surface area contributed by atoms with Crippen LogP contribution in [0.3, 0.4) is 0 Å². The SMILES string of the molecule is CCOCCNC(=NC)NCc1ccccc1COCc1ccccc1. The maximum Gasteiger partial charge on any atom is 0.191 e. The smallest absolute Gasteiger partial charge is 0.191 e. The molecule has 0 aliphatic rings. The molecule has 0 saturated heterocycles. The molecule has 0 aromatic heterocycles. The Hall–Kier alpha value is -2.37. The molecule has 26 heavy (non-hydrogen) atoms. The molecule has 0 fully saturated rings. The van der Waals surface area contributed by atoms with Crippen molar-refractivity contribution in [1.82, 2.24) is 10.6 Å². The molecule has 0 atom stereocenters. The van der Waals surface area contributed by atoms with E-state index in [0.29, 0.717) is 26.4 Å². The lowest BCUT2D eigenvalue weighted by Crippen LogP contribution is -2.38. The van der Waals surface area contributed by atoms with Crippen LogP contribution in [0.5, 0.6) is 0 Å². The number of guanidine groups is 1. The Labute approximate surface area is 156 Å². The number of benzene rings is 2. The highest BCUT2D eigenvalue weighted by Gasteiger charge is 2.04. The maximum atomic E-state index is 5.88. The molecule has 0 unspecified atom stereocenters. The van der Waals surface area contributed by atoms with Gasteiger partial charge in [0.1, 0.15) is 0 Å². The molecule has 2 aromatic rings. The second kappa shape index (κ2) is 12.1. The van der Waals surface area contributed by atoms with Gasteiger partial charge in [0, 0.05) is 26.7 Å². The quantitative estimate of drug-likeness (QED) is 0.391. The van der Waals surface area contributed by atoms with E-state index in [-0.39, 0.29) is 0 Å². The molecule has 0 spiro atoms. The summed E-state index contributed by atoms with van der Waals surface area (Å²) >= 11 is 0. The first-order chi connectivity index (χ1) is 12.8. The van der Waals surface area contributed by atoms with Crippen LogP contribution < -0.4 is 10.6 Å². The lowest BCUT2D eigenvalue weighted by molar-refractivity contribution is 0.106. The summed E-state index contributed by atoms with van der Waals surface area (Å²) in [6.45, 7) is 6.01. The number of hydrogen-bond donors (Lipinski definition) is 2. The zero-order chi connectivity index (χ0) is 18.5. The third kappa shape index (κ3) is 7.25. The average Bonchev–Trinajstić information content (AvgIpc) is 2.69. The molecule has 0 radical (unpaired) electrons. The van der Waals surface area contributed by atoms with Crippen LogP contribution in [-0.2, 0) is 29.2 Å². The number of hydrogen-bond acceptors (Lipinski definition) is 3. The summed E-state index contributed by atoms with van der Waals surface area (Å²) in [5, 5.41) is 6.58. The summed E-state index contributed by atoms with van der Waals surface area (Å²) in [4.78, 5) is 4.24. The molecule has 5 heteroatoms. The van der Waals surface area contributed by atoms with Crippen molar-refractivity contribution in [2.75, 3.05) is 26.8 Å². The fourth-order valence-corrected chi connectivity index (χ4v) is 2.51. The Morgan fingerprint density at radius 1 is 0.885 bits per heavy atom. The fourth-order valence-electron chi connectivity index (χ4n) is 2.51. The zero-order valence-corrected chi connectivity index (χ0v) is 15.7. The number of aliphatic imine (C=N–C) groups is 1. The molecule has 140 valence electrons. The normalized spacial score (nSPS) is 11.4. The lowest BCUT2D eigenvalue weighted by Gasteiger charge is -2.14. The van der Waals surface area contributed by atoms with Crippen LogP contribution in [0.15, 0.2) is 59.6 Å². The van der Waals surface area contributed by atoms with Gasteiger partial charge in [-0.1, -0.05) is 54.6 Å². The van der Waals surface area contributed by atoms with Crippen LogP contribution in [0, 0.1) is 0 Å². The van der Waals surface area contributed by atoms with E-state index in [1.54, 1.807) is 7.05 Å². The van der Waals surface area contributed by atoms with Crippen LogP contribution in [0.25, 0.3) is 0 Å². The van der Waals surface area contributed by atoms with Crippen molar-refractivity contribution in [3.63, 3.8) is 0 Å². The van der Waals surface area contributed by atoms with E-state index in [1.807, 2.05) is 37.3 Å². The number of nitrogens with one attached hydrogen (secondary N) is 2. The first-order valence-corrected chi connectivity index (χ1v) is 9.04. The Morgan fingerprint density at radius 2 is 1.62 bits per heavy atom. The van der Waals surface area contributed by atoms with Gasteiger partial charge in [-0.2, -0.15) is 0 Å². The molecule has 0 heterocycles. The number of ether oxygens (including phenoxy) is 2. The summed E-state index contributed by atoms with van der Waals surface area (Å²) in [6.07, 6.45) is 0. The summed E-state index contributed by atoms with van der Waals surface area (Å²) in [7, 11) is 1.77. The van der Waals surface area contributed by atoms with Crippen LogP contribution in [0.1, 0.15) is 23.6 Å². The van der Waals surface area contributed by atoms with E-state index in [2.05, 4.69) is 39.9 Å². The molecule has 0 amide bonds. The minimum atomic E-state index is 0.586. The summed E-state index contributed by atoms with van der Waals surface area (Å²) in [5.74, 6) is 0.768. The highest BCUT2D eigenvalue weighted by Crippen LogP contribution is 2.11. The van der Waals surface area contributed by atoms with Gasteiger partial charge < -0.3 is 20.1 Å².